The highest BCUT2D eigenvalue weighted by atomic mass is 35.5. The Hall–Kier alpha value is -3.33. The third kappa shape index (κ3) is 4.27. The van der Waals surface area contributed by atoms with Gasteiger partial charge in [0.05, 0.1) is 12.2 Å². The van der Waals surface area contributed by atoms with Gasteiger partial charge in [0.2, 0.25) is 11.9 Å². The summed E-state index contributed by atoms with van der Waals surface area (Å²) in [4.78, 5) is 32.3. The Kier molecular flexibility index (Phi) is 5.59. The molecule has 3 aliphatic rings. The predicted molar refractivity (Wildman–Crippen MR) is 130 cm³/mol. The Balaban J connectivity index is 1.38. The second-order valence-corrected chi connectivity index (χ2v) is 10.1. The molecule has 0 saturated heterocycles. The standard InChI is InChI=1S/C24H27ClN6O3/c1-24(2)8-7-18(32)29-17-6-5-14(10-15(17)24)28-23-27-11-16(25)21(31-23)30-19-12-3-4-13(9-12)20(19)34-22(26)33/h3-6,10-13,19-20H,7-9H2,1-2H3,(H2,26,33)(H,29,32)(H2,27,28,30,31). The van der Waals surface area contributed by atoms with Gasteiger partial charge in [0.1, 0.15) is 11.1 Å². The first-order valence-electron chi connectivity index (χ1n) is 11.3. The number of carbonyl (C=O) groups is 2. The van der Waals surface area contributed by atoms with Crippen LogP contribution in [-0.4, -0.2) is 34.1 Å². The van der Waals surface area contributed by atoms with E-state index < -0.39 is 6.09 Å². The van der Waals surface area contributed by atoms with Crippen LogP contribution in [0.4, 0.5) is 27.9 Å². The van der Waals surface area contributed by atoms with Crippen LogP contribution in [0.2, 0.25) is 5.02 Å². The zero-order valence-corrected chi connectivity index (χ0v) is 19.7. The molecule has 2 amide bonds. The van der Waals surface area contributed by atoms with E-state index in [-0.39, 0.29) is 35.3 Å². The van der Waals surface area contributed by atoms with Crippen molar-refractivity contribution in [3.05, 3.63) is 47.1 Å². The summed E-state index contributed by atoms with van der Waals surface area (Å²) in [6.07, 6.45) is 6.66. The fourth-order valence-electron chi connectivity index (χ4n) is 5.14. The SMILES string of the molecule is CC1(C)CCC(=O)Nc2ccc(Nc3ncc(Cl)c(NC4C5C=CC(C5)C4OC(N)=O)n3)cc21. The molecule has 0 radical (unpaired) electrons. The zero-order chi connectivity index (χ0) is 24.0. The number of nitrogens with one attached hydrogen (secondary N) is 3. The number of carbonyl (C=O) groups excluding carboxylic acids is 2. The van der Waals surface area contributed by atoms with Crippen molar-refractivity contribution in [2.45, 2.75) is 50.7 Å². The van der Waals surface area contributed by atoms with Gasteiger partial charge in [0, 0.05) is 29.6 Å². The van der Waals surface area contributed by atoms with Crippen LogP contribution in [0, 0.1) is 11.8 Å². The molecule has 9 nitrogen and oxygen atoms in total. The molecule has 1 aromatic heterocycles. The molecular formula is C24H27ClN6O3. The lowest BCUT2D eigenvalue weighted by Crippen LogP contribution is -2.41. The Morgan fingerprint density at radius 3 is 2.88 bits per heavy atom. The van der Waals surface area contributed by atoms with Gasteiger partial charge in [-0.2, -0.15) is 4.98 Å². The number of nitrogens with zero attached hydrogens (tertiary/aromatic N) is 2. The molecule has 2 heterocycles. The molecule has 4 unspecified atom stereocenters. The van der Waals surface area contributed by atoms with Crippen molar-refractivity contribution in [3.8, 4) is 0 Å². The number of hydrogen-bond acceptors (Lipinski definition) is 7. The molecule has 10 heteroatoms. The number of amides is 2. The number of primary amides is 1. The number of rotatable bonds is 5. The third-order valence-electron chi connectivity index (χ3n) is 6.94. The van der Waals surface area contributed by atoms with Gasteiger partial charge in [-0.3, -0.25) is 4.79 Å². The van der Waals surface area contributed by atoms with Crippen molar-refractivity contribution in [2.24, 2.45) is 17.6 Å². The van der Waals surface area contributed by atoms with Crippen molar-refractivity contribution in [1.29, 1.82) is 0 Å². The van der Waals surface area contributed by atoms with Crippen LogP contribution >= 0.6 is 11.6 Å². The zero-order valence-electron chi connectivity index (χ0n) is 19.0. The van der Waals surface area contributed by atoms with E-state index in [1.807, 2.05) is 18.2 Å². The Morgan fingerprint density at radius 1 is 1.29 bits per heavy atom. The normalized spacial score (nSPS) is 26.4. The second-order valence-electron chi connectivity index (χ2n) is 9.73. The molecule has 5 rings (SSSR count). The first-order chi connectivity index (χ1) is 16.2. The summed E-state index contributed by atoms with van der Waals surface area (Å²) in [6.45, 7) is 4.26. The van der Waals surface area contributed by atoms with Crippen molar-refractivity contribution >= 4 is 46.7 Å². The van der Waals surface area contributed by atoms with Crippen LogP contribution < -0.4 is 21.7 Å². The number of benzene rings is 1. The van der Waals surface area contributed by atoms with Gasteiger partial charge in [0.25, 0.3) is 0 Å². The van der Waals surface area contributed by atoms with Crippen molar-refractivity contribution in [1.82, 2.24) is 9.97 Å². The maximum atomic E-state index is 12.0. The van der Waals surface area contributed by atoms with Crippen LogP contribution in [0.25, 0.3) is 0 Å². The van der Waals surface area contributed by atoms with E-state index >= 15 is 0 Å². The largest absolute Gasteiger partial charge is 0.444 e. The minimum Gasteiger partial charge on any atom is -0.444 e. The van der Waals surface area contributed by atoms with Gasteiger partial charge in [-0.25, -0.2) is 9.78 Å². The first kappa shape index (κ1) is 22.5. The highest BCUT2D eigenvalue weighted by Gasteiger charge is 2.47. The van der Waals surface area contributed by atoms with Crippen molar-refractivity contribution in [3.63, 3.8) is 0 Å². The first-order valence-corrected chi connectivity index (χ1v) is 11.7. The summed E-state index contributed by atoms with van der Waals surface area (Å²) in [6, 6.07) is 5.61. The molecule has 0 spiro atoms. The maximum absolute atomic E-state index is 12.0. The lowest BCUT2D eigenvalue weighted by molar-refractivity contribution is -0.116. The van der Waals surface area contributed by atoms with Crippen LogP contribution in [0.5, 0.6) is 0 Å². The fourth-order valence-corrected chi connectivity index (χ4v) is 5.29. The highest BCUT2D eigenvalue weighted by molar-refractivity contribution is 6.32. The summed E-state index contributed by atoms with van der Waals surface area (Å²) < 4.78 is 5.38. The van der Waals surface area contributed by atoms with E-state index in [0.717, 1.165) is 29.8 Å². The Labute approximate surface area is 202 Å². The average Bonchev–Trinajstić information content (AvgIpc) is 3.35. The lowest BCUT2D eigenvalue weighted by atomic mass is 9.80. The number of anilines is 4. The average molecular weight is 483 g/mol. The molecule has 2 aromatic rings. The molecule has 1 aromatic carbocycles. The van der Waals surface area contributed by atoms with E-state index in [1.165, 1.54) is 6.20 Å². The Morgan fingerprint density at radius 2 is 2.09 bits per heavy atom. The third-order valence-corrected chi connectivity index (χ3v) is 7.22. The van der Waals surface area contributed by atoms with Gasteiger partial charge in [-0.05, 0) is 42.0 Å². The molecule has 2 bridgehead atoms. The molecule has 1 saturated carbocycles. The van der Waals surface area contributed by atoms with Crippen LogP contribution in [0.1, 0.15) is 38.7 Å². The number of aromatic nitrogens is 2. The Bertz CT molecular complexity index is 1180. The monoisotopic (exact) mass is 482 g/mol. The molecule has 1 aliphatic heterocycles. The van der Waals surface area contributed by atoms with Crippen molar-refractivity contribution < 1.29 is 14.3 Å². The summed E-state index contributed by atoms with van der Waals surface area (Å²) in [5.74, 6) is 1.16. The van der Waals surface area contributed by atoms with Gasteiger partial charge in [0.15, 0.2) is 5.82 Å². The molecule has 5 N–H and O–H groups in total. The van der Waals surface area contributed by atoms with Gasteiger partial charge in [-0.15, -0.1) is 0 Å². The van der Waals surface area contributed by atoms with Gasteiger partial charge < -0.3 is 26.4 Å². The predicted octanol–water partition coefficient (Wildman–Crippen LogP) is 4.33. The quantitative estimate of drug-likeness (QED) is 0.466. The maximum Gasteiger partial charge on any atom is 0.404 e. The van der Waals surface area contributed by atoms with Crippen LogP contribution in [0.3, 0.4) is 0 Å². The van der Waals surface area contributed by atoms with E-state index in [1.54, 1.807) is 0 Å². The number of ether oxygens (including phenoxy) is 1. The van der Waals surface area contributed by atoms with Gasteiger partial charge in [-0.1, -0.05) is 37.6 Å². The highest BCUT2D eigenvalue weighted by Crippen LogP contribution is 2.43. The molecule has 1 fully saturated rings. The summed E-state index contributed by atoms with van der Waals surface area (Å²) in [5.41, 5.74) is 7.80. The van der Waals surface area contributed by atoms with E-state index in [9.17, 15) is 9.59 Å². The number of hydrogen-bond donors (Lipinski definition) is 4. The van der Waals surface area contributed by atoms with E-state index in [0.29, 0.717) is 23.2 Å². The van der Waals surface area contributed by atoms with Crippen LogP contribution in [0.15, 0.2) is 36.5 Å². The second kappa shape index (κ2) is 8.47. The molecule has 178 valence electrons. The number of halogens is 1. The summed E-state index contributed by atoms with van der Waals surface area (Å²) in [5, 5.41) is 9.93. The smallest absolute Gasteiger partial charge is 0.404 e. The number of fused-ring (bicyclic) bond motifs is 3. The minimum absolute atomic E-state index is 0.0263. The minimum atomic E-state index is -0.795. The van der Waals surface area contributed by atoms with E-state index in [4.69, 9.17) is 22.1 Å². The molecular weight excluding hydrogens is 456 g/mol. The topological polar surface area (TPSA) is 131 Å². The van der Waals surface area contributed by atoms with Gasteiger partial charge >= 0.3 is 6.09 Å². The van der Waals surface area contributed by atoms with Crippen molar-refractivity contribution in [2.75, 3.05) is 16.0 Å². The number of nitrogens with two attached hydrogens (primary N) is 1. The summed E-state index contributed by atoms with van der Waals surface area (Å²) >= 11 is 6.39. The van der Waals surface area contributed by atoms with Crippen LogP contribution in [-0.2, 0) is 14.9 Å². The summed E-state index contributed by atoms with van der Waals surface area (Å²) in [7, 11) is 0. The fraction of sp³-hybridized carbons (Fsp3) is 0.417. The molecule has 34 heavy (non-hydrogen) atoms. The lowest BCUT2D eigenvalue weighted by Gasteiger charge is -2.28. The molecule has 4 atom stereocenters. The molecule has 2 aliphatic carbocycles. The van der Waals surface area contributed by atoms with E-state index in [2.05, 4.69) is 51.9 Å².